The summed E-state index contributed by atoms with van der Waals surface area (Å²) in [6.07, 6.45) is 1.37. The minimum atomic E-state index is -0.722. The zero-order valence-corrected chi connectivity index (χ0v) is 17.4. The molecule has 1 fully saturated rings. The number of nitrogens with zero attached hydrogens (tertiary/aromatic N) is 1. The molecule has 3 rings (SSSR count). The van der Waals surface area contributed by atoms with Gasteiger partial charge in [-0.2, -0.15) is 0 Å². The van der Waals surface area contributed by atoms with Gasteiger partial charge in [0.05, 0.1) is 5.02 Å². The Morgan fingerprint density at radius 1 is 1.28 bits per heavy atom. The normalized spacial score (nSPS) is 16.9. The molecule has 0 spiro atoms. The summed E-state index contributed by atoms with van der Waals surface area (Å²) in [6.45, 7) is 4.65. The number of hydrogen-bond donors (Lipinski definition) is 2. The second kappa shape index (κ2) is 9.76. The molecule has 154 valence electrons. The first-order chi connectivity index (χ1) is 13.9. The van der Waals surface area contributed by atoms with Crippen LogP contribution in [0.3, 0.4) is 0 Å². The molecule has 0 aliphatic carbocycles. The summed E-state index contributed by atoms with van der Waals surface area (Å²) in [5.74, 6) is 0.146. The van der Waals surface area contributed by atoms with Gasteiger partial charge in [0.2, 0.25) is 5.91 Å². The molecular weight excluding hydrogens is 390 g/mol. The Morgan fingerprint density at radius 2 is 2.07 bits per heavy atom. The minimum Gasteiger partial charge on any atom is -0.479 e. The molecule has 0 radical (unpaired) electrons. The summed E-state index contributed by atoms with van der Waals surface area (Å²) < 4.78 is 5.86. The summed E-state index contributed by atoms with van der Waals surface area (Å²) in [6, 6.07) is 14.6. The molecule has 0 bridgehead atoms. The first-order valence-corrected chi connectivity index (χ1v) is 10.2. The number of carbonyl (C=O) groups excluding carboxylic acids is 2. The van der Waals surface area contributed by atoms with E-state index in [1.54, 1.807) is 36.1 Å². The fourth-order valence-electron chi connectivity index (χ4n) is 3.41. The number of anilines is 2. The molecule has 7 heteroatoms. The molecule has 6 nitrogen and oxygen atoms in total. The van der Waals surface area contributed by atoms with Crippen molar-refractivity contribution in [3.8, 4) is 5.75 Å². The van der Waals surface area contributed by atoms with Gasteiger partial charge < -0.3 is 20.3 Å². The SMILES string of the molecule is CC(=O)Nc1cccc(N(C[C@H]2CCCN2)C(=O)C(C)Oc2ccccc2Cl)c1. The van der Waals surface area contributed by atoms with Gasteiger partial charge in [0, 0.05) is 30.9 Å². The van der Waals surface area contributed by atoms with Crippen molar-refractivity contribution < 1.29 is 14.3 Å². The van der Waals surface area contributed by atoms with E-state index in [0.717, 1.165) is 19.4 Å². The summed E-state index contributed by atoms with van der Waals surface area (Å²) in [5.41, 5.74) is 1.36. The number of para-hydroxylation sites is 1. The molecule has 1 aliphatic rings. The topological polar surface area (TPSA) is 70.7 Å². The molecule has 2 N–H and O–H groups in total. The van der Waals surface area contributed by atoms with E-state index in [-0.39, 0.29) is 17.9 Å². The maximum atomic E-state index is 13.3. The monoisotopic (exact) mass is 415 g/mol. The van der Waals surface area contributed by atoms with Crippen molar-refractivity contribution in [1.29, 1.82) is 0 Å². The van der Waals surface area contributed by atoms with Gasteiger partial charge in [-0.15, -0.1) is 0 Å². The van der Waals surface area contributed by atoms with Crippen LogP contribution in [0.15, 0.2) is 48.5 Å². The first-order valence-electron chi connectivity index (χ1n) is 9.77. The van der Waals surface area contributed by atoms with Crippen LogP contribution in [-0.4, -0.2) is 37.0 Å². The lowest BCUT2D eigenvalue weighted by Gasteiger charge is -2.29. The average molecular weight is 416 g/mol. The van der Waals surface area contributed by atoms with Crippen LogP contribution in [-0.2, 0) is 9.59 Å². The Kier molecular flexibility index (Phi) is 7.12. The number of carbonyl (C=O) groups is 2. The van der Waals surface area contributed by atoms with E-state index in [4.69, 9.17) is 16.3 Å². The molecule has 2 atom stereocenters. The summed E-state index contributed by atoms with van der Waals surface area (Å²) >= 11 is 6.18. The van der Waals surface area contributed by atoms with Crippen molar-refractivity contribution in [2.45, 2.75) is 38.8 Å². The number of benzene rings is 2. The number of rotatable bonds is 7. The summed E-state index contributed by atoms with van der Waals surface area (Å²) in [7, 11) is 0. The van der Waals surface area contributed by atoms with E-state index in [2.05, 4.69) is 10.6 Å². The van der Waals surface area contributed by atoms with Crippen LogP contribution < -0.4 is 20.3 Å². The predicted octanol–water partition coefficient (Wildman–Crippen LogP) is 3.85. The molecule has 1 saturated heterocycles. The van der Waals surface area contributed by atoms with Crippen molar-refractivity contribution in [1.82, 2.24) is 5.32 Å². The Balaban J connectivity index is 1.83. The highest BCUT2D eigenvalue weighted by molar-refractivity contribution is 6.32. The zero-order chi connectivity index (χ0) is 20.8. The Bertz CT molecular complexity index is 868. The summed E-state index contributed by atoms with van der Waals surface area (Å²) in [5, 5.41) is 6.66. The number of halogens is 1. The molecule has 1 heterocycles. The Hall–Kier alpha value is -2.57. The fraction of sp³-hybridized carbons (Fsp3) is 0.364. The van der Waals surface area contributed by atoms with Crippen LogP contribution in [0.4, 0.5) is 11.4 Å². The van der Waals surface area contributed by atoms with Crippen molar-refractivity contribution in [3.05, 3.63) is 53.6 Å². The highest BCUT2D eigenvalue weighted by Crippen LogP contribution is 2.26. The second-order valence-corrected chi connectivity index (χ2v) is 7.57. The molecule has 0 saturated carbocycles. The van der Waals surface area contributed by atoms with Crippen molar-refractivity contribution in [3.63, 3.8) is 0 Å². The second-order valence-electron chi connectivity index (χ2n) is 7.16. The van der Waals surface area contributed by atoms with Crippen molar-refractivity contribution >= 4 is 34.8 Å². The maximum absolute atomic E-state index is 13.3. The van der Waals surface area contributed by atoms with Gasteiger partial charge in [-0.3, -0.25) is 9.59 Å². The van der Waals surface area contributed by atoms with Crippen LogP contribution in [0, 0.1) is 0 Å². The van der Waals surface area contributed by atoms with Crippen LogP contribution >= 0.6 is 11.6 Å². The predicted molar refractivity (Wildman–Crippen MR) is 116 cm³/mol. The van der Waals surface area contributed by atoms with E-state index in [0.29, 0.717) is 28.7 Å². The first kappa shape index (κ1) is 21.1. The molecule has 2 amide bonds. The number of hydrogen-bond acceptors (Lipinski definition) is 4. The molecule has 0 aromatic heterocycles. The Morgan fingerprint density at radius 3 is 2.76 bits per heavy atom. The van der Waals surface area contributed by atoms with E-state index in [9.17, 15) is 9.59 Å². The summed E-state index contributed by atoms with van der Waals surface area (Å²) in [4.78, 5) is 26.5. The highest BCUT2D eigenvalue weighted by atomic mass is 35.5. The number of amides is 2. The molecule has 2 aromatic rings. The van der Waals surface area contributed by atoms with Crippen molar-refractivity contribution in [2.24, 2.45) is 0 Å². The van der Waals surface area contributed by atoms with Gasteiger partial charge in [-0.25, -0.2) is 0 Å². The molecular formula is C22H26ClN3O3. The van der Waals surface area contributed by atoms with E-state index in [1.807, 2.05) is 24.3 Å². The minimum absolute atomic E-state index is 0.159. The lowest BCUT2D eigenvalue weighted by Crippen LogP contribution is -2.46. The molecule has 2 aromatic carbocycles. The average Bonchev–Trinajstić information content (AvgIpc) is 3.20. The molecule has 29 heavy (non-hydrogen) atoms. The van der Waals surface area contributed by atoms with Crippen LogP contribution in [0.25, 0.3) is 0 Å². The quantitative estimate of drug-likeness (QED) is 0.720. The largest absolute Gasteiger partial charge is 0.479 e. The van der Waals surface area contributed by atoms with E-state index < -0.39 is 6.10 Å². The Labute approximate surface area is 176 Å². The van der Waals surface area contributed by atoms with Gasteiger partial charge >= 0.3 is 0 Å². The standard InChI is InChI=1S/C22H26ClN3O3/c1-15(29-21-11-4-3-10-20(21)23)22(28)26(14-18-8-6-12-24-18)19-9-5-7-17(13-19)25-16(2)27/h3-5,7,9-11,13,15,18,24H,6,8,12,14H2,1-2H3,(H,25,27)/t15?,18-/m1/s1. The van der Waals surface area contributed by atoms with Gasteiger partial charge in [0.1, 0.15) is 5.75 Å². The lowest BCUT2D eigenvalue weighted by atomic mass is 10.1. The number of nitrogens with one attached hydrogen (secondary N) is 2. The smallest absolute Gasteiger partial charge is 0.267 e. The van der Waals surface area contributed by atoms with Gasteiger partial charge in [0.25, 0.3) is 5.91 Å². The van der Waals surface area contributed by atoms with Gasteiger partial charge in [-0.1, -0.05) is 29.8 Å². The maximum Gasteiger partial charge on any atom is 0.267 e. The fourth-order valence-corrected chi connectivity index (χ4v) is 3.59. The van der Waals surface area contributed by atoms with E-state index >= 15 is 0 Å². The van der Waals surface area contributed by atoms with Gasteiger partial charge in [-0.05, 0) is 56.6 Å². The van der Waals surface area contributed by atoms with Crippen LogP contribution in [0.2, 0.25) is 5.02 Å². The van der Waals surface area contributed by atoms with Crippen molar-refractivity contribution in [2.75, 3.05) is 23.3 Å². The third-order valence-corrected chi connectivity index (χ3v) is 5.11. The van der Waals surface area contributed by atoms with E-state index in [1.165, 1.54) is 6.92 Å². The third-order valence-electron chi connectivity index (χ3n) is 4.80. The van der Waals surface area contributed by atoms with Crippen LogP contribution in [0.5, 0.6) is 5.75 Å². The van der Waals surface area contributed by atoms with Gasteiger partial charge in [0.15, 0.2) is 6.10 Å². The zero-order valence-electron chi connectivity index (χ0n) is 16.7. The highest BCUT2D eigenvalue weighted by Gasteiger charge is 2.28. The van der Waals surface area contributed by atoms with Crippen LogP contribution in [0.1, 0.15) is 26.7 Å². The third kappa shape index (κ3) is 5.71. The number of ether oxygens (including phenoxy) is 1. The molecule has 1 aliphatic heterocycles. The molecule has 1 unspecified atom stereocenters. The lowest BCUT2D eigenvalue weighted by molar-refractivity contribution is -0.124.